The number of rotatable bonds is 3. The molecule has 0 saturated heterocycles. The lowest BCUT2D eigenvalue weighted by Crippen LogP contribution is -2.33. The van der Waals surface area contributed by atoms with E-state index >= 15 is 0 Å². The van der Waals surface area contributed by atoms with Gasteiger partial charge in [-0.2, -0.15) is 18.3 Å². The molecule has 0 aromatic carbocycles. The summed E-state index contributed by atoms with van der Waals surface area (Å²) in [5, 5.41) is 13.0. The Morgan fingerprint density at radius 2 is 2.05 bits per heavy atom. The molecule has 1 aromatic heterocycles. The molecule has 1 aliphatic carbocycles. The number of aromatic nitrogens is 2. The van der Waals surface area contributed by atoms with Crippen molar-refractivity contribution in [2.75, 3.05) is 0 Å². The molecule has 2 rings (SSSR count). The molecule has 0 saturated carbocycles. The Hall–Kier alpha value is -1.18. The number of aliphatic hydroxyl groups excluding tert-OH is 1. The van der Waals surface area contributed by atoms with Gasteiger partial charge < -0.3 is 5.11 Å². The minimum absolute atomic E-state index is 0.0733. The predicted octanol–water partition coefficient (Wildman–Crippen LogP) is 3.32. The summed E-state index contributed by atoms with van der Waals surface area (Å²) in [4.78, 5) is 0. The molecule has 0 amide bonds. The molecule has 1 N–H and O–H groups in total. The Balaban J connectivity index is 2.52. The van der Waals surface area contributed by atoms with Crippen molar-refractivity contribution in [3.8, 4) is 0 Å². The Bertz CT molecular complexity index is 495. The average Bonchev–Trinajstić information content (AvgIpc) is 2.70. The lowest BCUT2D eigenvalue weighted by atomic mass is 9.89. The van der Waals surface area contributed by atoms with Crippen LogP contribution < -0.4 is 0 Å². The van der Waals surface area contributed by atoms with Crippen LogP contribution in [0.2, 0.25) is 0 Å². The van der Waals surface area contributed by atoms with Crippen LogP contribution in [0.5, 0.6) is 0 Å². The molecule has 1 aromatic rings. The first-order valence-corrected chi connectivity index (χ1v) is 6.41. The minimum Gasteiger partial charge on any atom is -0.382 e. The van der Waals surface area contributed by atoms with Crippen molar-refractivity contribution in [2.45, 2.75) is 57.4 Å². The fourth-order valence-electron chi connectivity index (χ4n) is 2.40. The fourth-order valence-corrected chi connectivity index (χ4v) is 2.40. The summed E-state index contributed by atoms with van der Waals surface area (Å²) in [6, 6.07) is 0. The van der Waals surface area contributed by atoms with Crippen molar-refractivity contribution >= 4 is 0 Å². The van der Waals surface area contributed by atoms with Gasteiger partial charge in [0, 0.05) is 24.2 Å². The van der Waals surface area contributed by atoms with E-state index in [1.165, 1.54) is 0 Å². The molecule has 0 fully saturated rings. The van der Waals surface area contributed by atoms with Crippen molar-refractivity contribution in [3.05, 3.63) is 17.0 Å². The van der Waals surface area contributed by atoms with Crippen molar-refractivity contribution in [1.29, 1.82) is 0 Å². The van der Waals surface area contributed by atoms with Gasteiger partial charge >= 0.3 is 6.18 Å². The summed E-state index contributed by atoms with van der Waals surface area (Å²) in [7, 11) is 0. The summed E-state index contributed by atoms with van der Waals surface area (Å²) < 4.78 is 66.7. The summed E-state index contributed by atoms with van der Waals surface area (Å²) in [5.74, 6) is -3.55. The lowest BCUT2D eigenvalue weighted by molar-refractivity contribution is -0.150. The highest BCUT2D eigenvalue weighted by molar-refractivity contribution is 5.35. The van der Waals surface area contributed by atoms with Crippen LogP contribution in [0.3, 0.4) is 0 Å². The summed E-state index contributed by atoms with van der Waals surface area (Å²) in [6.45, 7) is 2.09. The monoisotopic (exact) mass is 298 g/mol. The van der Waals surface area contributed by atoms with Gasteiger partial charge in [0.2, 0.25) is 0 Å². The van der Waals surface area contributed by atoms with Gasteiger partial charge in [-0.25, -0.2) is 8.78 Å². The molecule has 20 heavy (non-hydrogen) atoms. The molecule has 0 aliphatic heterocycles. The fraction of sp³-hybridized carbons (Fsp3) is 0.750. The standard InChI is InChI=1S/C12H15F5N2O/c1-2-3-6-19-7-4-5-11(13,14)10(20)8(7)9(18-19)12(15,16)17/h10,20H,2-6H2,1H3/t10-/m1/s1. The SMILES string of the molecule is CCCCn1nc(C(F)(F)F)c2c1CCC(F)(F)[C@@H]2O. The maximum atomic E-state index is 13.5. The molecule has 3 nitrogen and oxygen atoms in total. The zero-order valence-electron chi connectivity index (χ0n) is 10.8. The zero-order valence-corrected chi connectivity index (χ0v) is 10.8. The van der Waals surface area contributed by atoms with Gasteiger partial charge in [-0.3, -0.25) is 4.68 Å². The van der Waals surface area contributed by atoms with E-state index in [2.05, 4.69) is 5.10 Å². The van der Waals surface area contributed by atoms with Crippen LogP contribution in [0.25, 0.3) is 0 Å². The van der Waals surface area contributed by atoms with Crippen molar-refractivity contribution in [1.82, 2.24) is 9.78 Å². The Morgan fingerprint density at radius 3 is 2.60 bits per heavy atom. The largest absolute Gasteiger partial charge is 0.435 e. The van der Waals surface area contributed by atoms with Crippen LogP contribution in [-0.2, 0) is 19.1 Å². The van der Waals surface area contributed by atoms with Gasteiger partial charge in [0.1, 0.15) is 6.10 Å². The summed E-state index contributed by atoms with van der Waals surface area (Å²) in [5.41, 5.74) is -2.08. The van der Waals surface area contributed by atoms with Crippen LogP contribution in [-0.4, -0.2) is 20.8 Å². The number of halogens is 5. The maximum absolute atomic E-state index is 13.5. The maximum Gasteiger partial charge on any atom is 0.435 e. The highest BCUT2D eigenvalue weighted by Gasteiger charge is 2.51. The summed E-state index contributed by atoms with van der Waals surface area (Å²) >= 11 is 0. The molecule has 0 bridgehead atoms. The van der Waals surface area contributed by atoms with E-state index in [4.69, 9.17) is 0 Å². The number of aryl methyl sites for hydroxylation is 1. The Labute approximate surface area is 112 Å². The molecule has 0 unspecified atom stereocenters. The van der Waals surface area contributed by atoms with E-state index in [0.717, 1.165) is 11.1 Å². The molecule has 0 spiro atoms. The second kappa shape index (κ2) is 4.98. The van der Waals surface area contributed by atoms with Gasteiger partial charge in [0.25, 0.3) is 5.92 Å². The van der Waals surface area contributed by atoms with E-state index in [1.807, 2.05) is 6.92 Å². The minimum atomic E-state index is -4.85. The van der Waals surface area contributed by atoms with Crippen molar-refractivity contribution in [2.24, 2.45) is 0 Å². The number of fused-ring (bicyclic) bond motifs is 1. The predicted molar refractivity (Wildman–Crippen MR) is 60.4 cm³/mol. The average molecular weight is 298 g/mol. The lowest BCUT2D eigenvalue weighted by Gasteiger charge is -2.28. The van der Waals surface area contributed by atoms with Crippen LogP contribution in [0, 0.1) is 0 Å². The van der Waals surface area contributed by atoms with Gasteiger partial charge in [-0.05, 0) is 12.8 Å². The highest BCUT2D eigenvalue weighted by Crippen LogP contribution is 2.46. The second-order valence-corrected chi connectivity index (χ2v) is 4.95. The number of aliphatic hydroxyl groups is 1. The van der Waals surface area contributed by atoms with Gasteiger partial charge in [-0.15, -0.1) is 0 Å². The van der Waals surface area contributed by atoms with Crippen LogP contribution in [0.4, 0.5) is 22.0 Å². The second-order valence-electron chi connectivity index (χ2n) is 4.95. The van der Waals surface area contributed by atoms with E-state index in [9.17, 15) is 27.1 Å². The molecule has 1 heterocycles. The number of alkyl halides is 5. The third kappa shape index (κ3) is 2.53. The summed E-state index contributed by atoms with van der Waals surface area (Å²) in [6.07, 6.45) is -6.84. The Kier molecular flexibility index (Phi) is 3.79. The van der Waals surface area contributed by atoms with Crippen molar-refractivity contribution in [3.63, 3.8) is 0 Å². The Morgan fingerprint density at radius 1 is 1.40 bits per heavy atom. The molecular formula is C12H15F5N2O. The van der Waals surface area contributed by atoms with Crippen molar-refractivity contribution < 1.29 is 27.1 Å². The smallest absolute Gasteiger partial charge is 0.382 e. The van der Waals surface area contributed by atoms with E-state index in [0.29, 0.717) is 6.42 Å². The third-order valence-electron chi connectivity index (χ3n) is 3.46. The van der Waals surface area contributed by atoms with E-state index < -0.39 is 35.9 Å². The first-order valence-electron chi connectivity index (χ1n) is 6.41. The number of unbranched alkanes of at least 4 members (excludes halogenated alkanes) is 1. The molecule has 1 aliphatic rings. The van der Waals surface area contributed by atoms with Gasteiger partial charge in [0.15, 0.2) is 5.69 Å². The van der Waals surface area contributed by atoms with Crippen LogP contribution in [0.1, 0.15) is 49.2 Å². The zero-order chi connectivity index (χ0) is 15.1. The molecule has 114 valence electrons. The quantitative estimate of drug-likeness (QED) is 0.869. The van der Waals surface area contributed by atoms with Crippen LogP contribution >= 0.6 is 0 Å². The normalized spacial score (nSPS) is 21.9. The van der Waals surface area contributed by atoms with E-state index in [1.54, 1.807) is 0 Å². The molecule has 8 heteroatoms. The number of hydrogen-bond donors (Lipinski definition) is 1. The highest BCUT2D eigenvalue weighted by atomic mass is 19.4. The van der Waals surface area contributed by atoms with Gasteiger partial charge in [-0.1, -0.05) is 13.3 Å². The van der Waals surface area contributed by atoms with E-state index in [-0.39, 0.29) is 18.7 Å². The van der Waals surface area contributed by atoms with Gasteiger partial charge in [0.05, 0.1) is 0 Å². The molecule has 0 radical (unpaired) electrons. The first-order chi connectivity index (χ1) is 9.18. The number of hydrogen-bond acceptors (Lipinski definition) is 2. The topological polar surface area (TPSA) is 38.0 Å². The molecular weight excluding hydrogens is 283 g/mol. The first kappa shape index (κ1) is 15.2. The molecule has 1 atom stereocenters. The number of nitrogens with zero attached hydrogens (tertiary/aromatic N) is 2. The van der Waals surface area contributed by atoms with Crippen LogP contribution in [0.15, 0.2) is 0 Å². The third-order valence-corrected chi connectivity index (χ3v) is 3.46.